The Morgan fingerprint density at radius 2 is 1.44 bits per heavy atom. The Bertz CT molecular complexity index is 1130. The van der Waals surface area contributed by atoms with Crippen molar-refractivity contribution in [2.75, 3.05) is 46.8 Å². The number of nitrogens with zero attached hydrogens (tertiary/aromatic N) is 3. The standard InChI is InChI=1S/C27H35N3O9/c1-36-24-6-4-19(5-7-24)2-3-20-8-23(35)10-25(9-20)37-16-21-11-30(29-28-21)22(17-38-26(12-31)13-32)18-39-27(14-33)15-34/h2-11,22,26-27,31-35H,12-18H2,1H3/b3-2+. The number of benzene rings is 2. The highest BCUT2D eigenvalue weighted by Crippen LogP contribution is 2.24. The molecule has 0 aliphatic rings. The molecule has 0 aliphatic carbocycles. The van der Waals surface area contributed by atoms with Gasteiger partial charge in [0.15, 0.2) is 0 Å². The molecule has 12 heteroatoms. The second-order valence-electron chi connectivity index (χ2n) is 8.64. The van der Waals surface area contributed by atoms with Crippen molar-refractivity contribution >= 4 is 12.2 Å². The predicted octanol–water partition coefficient (Wildman–Crippen LogP) is 1.02. The molecule has 0 aliphatic heterocycles. The topological polar surface area (TPSA) is 169 Å². The third kappa shape index (κ3) is 9.62. The molecule has 3 aromatic rings. The number of hydrogen-bond acceptors (Lipinski definition) is 11. The van der Waals surface area contributed by atoms with Crippen LogP contribution in [-0.2, 0) is 16.1 Å². The van der Waals surface area contributed by atoms with Gasteiger partial charge in [0, 0.05) is 6.07 Å². The van der Waals surface area contributed by atoms with Crippen LogP contribution in [0.3, 0.4) is 0 Å². The minimum Gasteiger partial charge on any atom is -0.508 e. The molecule has 0 unspecified atom stereocenters. The maximum atomic E-state index is 10.2. The predicted molar refractivity (Wildman–Crippen MR) is 141 cm³/mol. The van der Waals surface area contributed by atoms with Crippen molar-refractivity contribution in [2.45, 2.75) is 24.9 Å². The van der Waals surface area contributed by atoms with E-state index in [4.69, 9.17) is 18.9 Å². The van der Waals surface area contributed by atoms with Crippen LogP contribution < -0.4 is 9.47 Å². The van der Waals surface area contributed by atoms with Crippen molar-refractivity contribution in [1.82, 2.24) is 15.0 Å². The monoisotopic (exact) mass is 545 g/mol. The van der Waals surface area contributed by atoms with Gasteiger partial charge in [-0.05, 0) is 35.4 Å². The number of aromatic nitrogens is 3. The fourth-order valence-electron chi connectivity index (χ4n) is 3.43. The van der Waals surface area contributed by atoms with E-state index >= 15 is 0 Å². The number of aliphatic hydroxyl groups is 4. The maximum Gasteiger partial charge on any atom is 0.134 e. The van der Waals surface area contributed by atoms with Gasteiger partial charge in [0.05, 0.1) is 52.9 Å². The van der Waals surface area contributed by atoms with Crippen LogP contribution in [0.2, 0.25) is 0 Å². The van der Waals surface area contributed by atoms with Gasteiger partial charge in [-0.3, -0.25) is 0 Å². The van der Waals surface area contributed by atoms with Crippen LogP contribution in [0.5, 0.6) is 17.2 Å². The molecule has 0 atom stereocenters. The first-order valence-electron chi connectivity index (χ1n) is 12.3. The zero-order chi connectivity index (χ0) is 28.0. The molecule has 0 radical (unpaired) electrons. The number of methoxy groups -OCH3 is 1. The second-order valence-corrected chi connectivity index (χ2v) is 8.64. The number of phenols is 1. The quantitative estimate of drug-likeness (QED) is 0.154. The molecule has 0 bridgehead atoms. The van der Waals surface area contributed by atoms with E-state index in [0.717, 1.165) is 16.9 Å². The van der Waals surface area contributed by atoms with Gasteiger partial charge < -0.3 is 44.5 Å². The van der Waals surface area contributed by atoms with Gasteiger partial charge in [-0.25, -0.2) is 4.68 Å². The number of ether oxygens (including phenoxy) is 4. The van der Waals surface area contributed by atoms with Crippen molar-refractivity contribution in [3.8, 4) is 17.2 Å². The molecule has 1 aromatic heterocycles. The summed E-state index contributed by atoms with van der Waals surface area (Å²) in [6.07, 6.45) is 3.84. The Morgan fingerprint density at radius 1 is 0.821 bits per heavy atom. The highest BCUT2D eigenvalue weighted by atomic mass is 16.5. The SMILES string of the molecule is COc1ccc(/C=C/c2cc(O)cc(OCc3cn(C(COC(CO)CO)COC(CO)CO)nn3)c2)cc1. The zero-order valence-electron chi connectivity index (χ0n) is 21.7. The van der Waals surface area contributed by atoms with Gasteiger partial charge in [0.25, 0.3) is 0 Å². The van der Waals surface area contributed by atoms with Gasteiger partial charge in [-0.1, -0.05) is 29.5 Å². The summed E-state index contributed by atoms with van der Waals surface area (Å²) >= 11 is 0. The first-order chi connectivity index (χ1) is 19.0. The number of phenolic OH excluding ortho intramolecular Hbond substituents is 1. The minimum absolute atomic E-state index is 0.0233. The van der Waals surface area contributed by atoms with Crippen LogP contribution in [0.1, 0.15) is 22.9 Å². The Hall–Kier alpha value is -3.52. The van der Waals surface area contributed by atoms with Crippen molar-refractivity contribution in [3.63, 3.8) is 0 Å². The van der Waals surface area contributed by atoms with E-state index < -0.39 is 18.2 Å². The van der Waals surface area contributed by atoms with E-state index in [9.17, 15) is 25.5 Å². The number of aromatic hydroxyl groups is 1. The lowest BCUT2D eigenvalue weighted by atomic mass is 10.1. The molecule has 1 heterocycles. The zero-order valence-corrected chi connectivity index (χ0v) is 21.7. The normalized spacial score (nSPS) is 11.8. The van der Waals surface area contributed by atoms with Gasteiger partial charge in [0.1, 0.15) is 47.8 Å². The van der Waals surface area contributed by atoms with E-state index in [-0.39, 0.29) is 52.0 Å². The molecule has 2 aromatic carbocycles. The van der Waals surface area contributed by atoms with E-state index in [1.807, 2.05) is 36.4 Å². The molecule has 39 heavy (non-hydrogen) atoms. The van der Waals surface area contributed by atoms with Crippen molar-refractivity contribution < 1.29 is 44.5 Å². The third-order valence-corrected chi connectivity index (χ3v) is 5.68. The molecule has 0 saturated carbocycles. The van der Waals surface area contributed by atoms with Crippen LogP contribution in [0, 0.1) is 0 Å². The number of aliphatic hydroxyl groups excluding tert-OH is 4. The van der Waals surface area contributed by atoms with Crippen molar-refractivity contribution in [3.05, 3.63) is 65.5 Å². The molecule has 0 fully saturated rings. The molecular formula is C27H35N3O9. The van der Waals surface area contributed by atoms with Gasteiger partial charge in [-0.15, -0.1) is 5.10 Å². The molecule has 12 nitrogen and oxygen atoms in total. The molecule has 212 valence electrons. The van der Waals surface area contributed by atoms with Crippen molar-refractivity contribution in [1.29, 1.82) is 0 Å². The van der Waals surface area contributed by atoms with Crippen LogP contribution in [0.25, 0.3) is 12.2 Å². The Balaban J connectivity index is 1.65. The highest BCUT2D eigenvalue weighted by Gasteiger charge is 2.19. The average molecular weight is 546 g/mol. The van der Waals surface area contributed by atoms with Crippen LogP contribution in [0.4, 0.5) is 0 Å². The largest absolute Gasteiger partial charge is 0.508 e. The summed E-state index contributed by atoms with van der Waals surface area (Å²) in [5.74, 6) is 1.25. The Morgan fingerprint density at radius 3 is 2.03 bits per heavy atom. The lowest BCUT2D eigenvalue weighted by molar-refractivity contribution is -0.0680. The smallest absolute Gasteiger partial charge is 0.134 e. The number of rotatable bonds is 17. The Labute approximate surface area is 226 Å². The molecule has 3 rings (SSSR count). The maximum absolute atomic E-state index is 10.2. The van der Waals surface area contributed by atoms with Crippen molar-refractivity contribution in [2.24, 2.45) is 0 Å². The third-order valence-electron chi connectivity index (χ3n) is 5.68. The van der Waals surface area contributed by atoms with Crippen LogP contribution in [0.15, 0.2) is 48.7 Å². The summed E-state index contributed by atoms with van der Waals surface area (Å²) in [5.41, 5.74) is 2.19. The summed E-state index contributed by atoms with van der Waals surface area (Å²) in [7, 11) is 1.61. The van der Waals surface area contributed by atoms with E-state index in [0.29, 0.717) is 11.4 Å². The summed E-state index contributed by atoms with van der Waals surface area (Å²) in [6, 6.07) is 11.9. The fraction of sp³-hybridized carbons (Fsp3) is 0.407. The summed E-state index contributed by atoms with van der Waals surface area (Å²) in [5, 5.41) is 55.5. The van der Waals surface area contributed by atoms with Gasteiger partial charge in [-0.2, -0.15) is 0 Å². The number of hydrogen-bond donors (Lipinski definition) is 5. The van der Waals surface area contributed by atoms with E-state index in [2.05, 4.69) is 10.3 Å². The van der Waals surface area contributed by atoms with Gasteiger partial charge >= 0.3 is 0 Å². The first kappa shape index (κ1) is 30.0. The second kappa shape index (κ2) is 15.8. The first-order valence-corrected chi connectivity index (χ1v) is 12.3. The minimum atomic E-state index is -0.774. The summed E-state index contributed by atoms with van der Waals surface area (Å²) < 4.78 is 23.5. The lowest BCUT2D eigenvalue weighted by Crippen LogP contribution is -2.31. The fourth-order valence-corrected chi connectivity index (χ4v) is 3.43. The average Bonchev–Trinajstić information content (AvgIpc) is 3.43. The Kier molecular flexibility index (Phi) is 12.2. The van der Waals surface area contributed by atoms with Gasteiger partial charge in [0.2, 0.25) is 0 Å². The van der Waals surface area contributed by atoms with Crippen LogP contribution >= 0.6 is 0 Å². The van der Waals surface area contributed by atoms with E-state index in [1.54, 1.807) is 25.4 Å². The van der Waals surface area contributed by atoms with Crippen LogP contribution in [-0.4, -0.2) is 99.5 Å². The molecule has 0 spiro atoms. The van der Waals surface area contributed by atoms with E-state index in [1.165, 1.54) is 10.7 Å². The summed E-state index contributed by atoms with van der Waals surface area (Å²) in [6.45, 7) is -1.35. The molecule has 0 amide bonds. The molecular weight excluding hydrogens is 510 g/mol. The molecule has 5 N–H and O–H groups in total. The summed E-state index contributed by atoms with van der Waals surface area (Å²) in [4.78, 5) is 0. The highest BCUT2D eigenvalue weighted by molar-refractivity contribution is 5.71. The molecule has 0 saturated heterocycles. The lowest BCUT2D eigenvalue weighted by Gasteiger charge is -2.22.